The maximum Gasteiger partial charge on any atom is 0.410 e. The number of aliphatic carboxylic acids is 1. The van der Waals surface area contributed by atoms with E-state index >= 15 is 0 Å². The van der Waals surface area contributed by atoms with Gasteiger partial charge in [-0.3, -0.25) is 9.59 Å². The van der Waals surface area contributed by atoms with Crippen molar-refractivity contribution in [3.8, 4) is 0 Å². The Morgan fingerprint density at radius 3 is 2.44 bits per heavy atom. The van der Waals surface area contributed by atoms with Crippen LogP contribution in [0.3, 0.4) is 0 Å². The van der Waals surface area contributed by atoms with E-state index in [4.69, 9.17) is 9.84 Å². The van der Waals surface area contributed by atoms with E-state index in [0.717, 1.165) is 5.56 Å². The molecule has 25 heavy (non-hydrogen) atoms. The van der Waals surface area contributed by atoms with Crippen molar-refractivity contribution in [3.63, 3.8) is 0 Å². The van der Waals surface area contributed by atoms with Gasteiger partial charge in [0.15, 0.2) is 0 Å². The van der Waals surface area contributed by atoms with Gasteiger partial charge in [0, 0.05) is 32.1 Å². The summed E-state index contributed by atoms with van der Waals surface area (Å²) in [6, 6.07) is 9.51. The number of ether oxygens (including phenoxy) is 1. The van der Waals surface area contributed by atoms with Gasteiger partial charge in [0.05, 0.1) is 5.92 Å². The summed E-state index contributed by atoms with van der Waals surface area (Å²) in [5, 5.41) is 9.07. The fourth-order valence-electron chi connectivity index (χ4n) is 3.42. The van der Waals surface area contributed by atoms with Gasteiger partial charge in [0.2, 0.25) is 5.91 Å². The van der Waals surface area contributed by atoms with Gasteiger partial charge in [0.25, 0.3) is 0 Å². The lowest BCUT2D eigenvalue weighted by Crippen LogP contribution is -2.47. The SMILES string of the molecule is O=C(O)C1CC(=O)N(C2CCN(C(=O)OCc3ccccc3)CC2)C1. The summed E-state index contributed by atoms with van der Waals surface area (Å²) >= 11 is 0. The van der Waals surface area contributed by atoms with E-state index in [9.17, 15) is 14.4 Å². The Kier molecular flexibility index (Phi) is 5.21. The quantitative estimate of drug-likeness (QED) is 0.897. The maximum atomic E-state index is 12.2. The molecule has 2 aliphatic heterocycles. The van der Waals surface area contributed by atoms with Gasteiger partial charge in [-0.2, -0.15) is 0 Å². The number of nitrogens with zero attached hydrogens (tertiary/aromatic N) is 2. The standard InChI is InChI=1S/C18H22N2O5/c21-16-10-14(17(22)23)11-20(16)15-6-8-19(9-7-15)18(24)25-12-13-4-2-1-3-5-13/h1-5,14-15H,6-12H2,(H,22,23). The van der Waals surface area contributed by atoms with Gasteiger partial charge in [0.1, 0.15) is 6.61 Å². The van der Waals surface area contributed by atoms with Crippen LogP contribution in [-0.2, 0) is 20.9 Å². The highest BCUT2D eigenvalue weighted by atomic mass is 16.6. The van der Waals surface area contributed by atoms with Crippen LogP contribution >= 0.6 is 0 Å². The minimum Gasteiger partial charge on any atom is -0.481 e. The average Bonchev–Trinajstić information content (AvgIpc) is 3.03. The number of hydrogen-bond acceptors (Lipinski definition) is 4. The summed E-state index contributed by atoms with van der Waals surface area (Å²) < 4.78 is 5.33. The van der Waals surface area contributed by atoms with Crippen LogP contribution in [0.25, 0.3) is 0 Å². The Balaban J connectivity index is 1.46. The number of carbonyl (C=O) groups is 3. The van der Waals surface area contributed by atoms with Crippen molar-refractivity contribution in [2.24, 2.45) is 5.92 Å². The van der Waals surface area contributed by atoms with Gasteiger partial charge in [-0.05, 0) is 18.4 Å². The van der Waals surface area contributed by atoms with Crippen LogP contribution in [0.15, 0.2) is 30.3 Å². The first-order valence-corrected chi connectivity index (χ1v) is 8.52. The van der Waals surface area contributed by atoms with Crippen LogP contribution < -0.4 is 0 Å². The highest BCUT2D eigenvalue weighted by Gasteiger charge is 2.39. The van der Waals surface area contributed by atoms with Crippen molar-refractivity contribution in [2.45, 2.75) is 31.9 Å². The van der Waals surface area contributed by atoms with Gasteiger partial charge < -0.3 is 19.6 Å². The Bertz CT molecular complexity index is 640. The third-order valence-corrected chi connectivity index (χ3v) is 4.88. The van der Waals surface area contributed by atoms with Crippen LogP contribution in [0.1, 0.15) is 24.8 Å². The number of amides is 2. The van der Waals surface area contributed by atoms with Crippen LogP contribution in [0, 0.1) is 5.92 Å². The molecule has 1 atom stereocenters. The van der Waals surface area contributed by atoms with Crippen molar-refractivity contribution < 1.29 is 24.2 Å². The van der Waals surface area contributed by atoms with E-state index < -0.39 is 11.9 Å². The highest BCUT2D eigenvalue weighted by Crippen LogP contribution is 2.26. The first kappa shape index (κ1) is 17.3. The second kappa shape index (κ2) is 7.55. The topological polar surface area (TPSA) is 87.2 Å². The van der Waals surface area contributed by atoms with Crippen molar-refractivity contribution in [2.75, 3.05) is 19.6 Å². The Hall–Kier alpha value is -2.57. The molecule has 2 fully saturated rings. The molecule has 2 saturated heterocycles. The molecular weight excluding hydrogens is 324 g/mol. The molecule has 0 bridgehead atoms. The summed E-state index contributed by atoms with van der Waals surface area (Å²) in [6.07, 6.45) is 1.03. The number of rotatable bonds is 4. The monoisotopic (exact) mass is 346 g/mol. The van der Waals surface area contributed by atoms with Crippen LogP contribution in [-0.4, -0.2) is 58.6 Å². The average molecular weight is 346 g/mol. The molecule has 2 heterocycles. The number of carbonyl (C=O) groups excluding carboxylic acids is 2. The lowest BCUT2D eigenvalue weighted by Gasteiger charge is -2.36. The van der Waals surface area contributed by atoms with Gasteiger partial charge in [-0.25, -0.2) is 4.79 Å². The fourth-order valence-corrected chi connectivity index (χ4v) is 3.42. The molecule has 1 N–H and O–H groups in total. The Morgan fingerprint density at radius 1 is 1.16 bits per heavy atom. The molecule has 1 aromatic carbocycles. The lowest BCUT2D eigenvalue weighted by molar-refractivity contribution is -0.141. The zero-order valence-electron chi connectivity index (χ0n) is 14.0. The molecule has 1 unspecified atom stereocenters. The van der Waals surface area contributed by atoms with E-state index in [2.05, 4.69) is 0 Å². The van der Waals surface area contributed by atoms with Crippen molar-refractivity contribution >= 4 is 18.0 Å². The predicted molar refractivity (Wildman–Crippen MR) is 88.7 cm³/mol. The first-order valence-electron chi connectivity index (χ1n) is 8.52. The number of carboxylic acid groups (broad SMARTS) is 1. The largest absolute Gasteiger partial charge is 0.481 e. The third kappa shape index (κ3) is 4.10. The van der Waals surface area contributed by atoms with Crippen LogP contribution in [0.5, 0.6) is 0 Å². The smallest absolute Gasteiger partial charge is 0.410 e. The van der Waals surface area contributed by atoms with Crippen LogP contribution in [0.2, 0.25) is 0 Å². The molecule has 0 saturated carbocycles. The molecule has 3 rings (SSSR count). The molecule has 0 aromatic heterocycles. The minimum atomic E-state index is -0.919. The Morgan fingerprint density at radius 2 is 1.84 bits per heavy atom. The van der Waals surface area contributed by atoms with E-state index in [-0.39, 0.29) is 37.6 Å². The summed E-state index contributed by atoms with van der Waals surface area (Å²) in [7, 11) is 0. The molecule has 2 aliphatic rings. The first-order chi connectivity index (χ1) is 12.0. The summed E-state index contributed by atoms with van der Waals surface area (Å²) in [4.78, 5) is 38.5. The molecule has 2 amide bonds. The van der Waals surface area contributed by atoms with E-state index in [1.165, 1.54) is 0 Å². The van der Waals surface area contributed by atoms with Crippen molar-refractivity contribution in [3.05, 3.63) is 35.9 Å². The van der Waals surface area contributed by atoms with Gasteiger partial charge in [-0.15, -0.1) is 0 Å². The summed E-state index contributed by atoms with van der Waals surface area (Å²) in [6.45, 7) is 1.54. The molecule has 134 valence electrons. The molecular formula is C18H22N2O5. The summed E-state index contributed by atoms with van der Waals surface area (Å²) in [5.41, 5.74) is 0.938. The zero-order valence-corrected chi connectivity index (χ0v) is 14.0. The molecule has 0 aliphatic carbocycles. The molecule has 0 spiro atoms. The van der Waals surface area contributed by atoms with Crippen molar-refractivity contribution in [1.29, 1.82) is 0 Å². The fraction of sp³-hybridized carbons (Fsp3) is 0.500. The molecule has 7 heteroatoms. The molecule has 7 nitrogen and oxygen atoms in total. The summed E-state index contributed by atoms with van der Waals surface area (Å²) in [5.74, 6) is -1.63. The number of carboxylic acids is 1. The minimum absolute atomic E-state index is 0.00928. The van der Waals surface area contributed by atoms with Gasteiger partial charge >= 0.3 is 12.1 Å². The second-order valence-corrected chi connectivity index (χ2v) is 6.54. The third-order valence-electron chi connectivity index (χ3n) is 4.88. The van der Waals surface area contributed by atoms with E-state index in [1.807, 2.05) is 30.3 Å². The van der Waals surface area contributed by atoms with E-state index in [0.29, 0.717) is 25.9 Å². The number of likely N-dealkylation sites (tertiary alicyclic amines) is 2. The Labute approximate surface area is 146 Å². The van der Waals surface area contributed by atoms with Crippen LogP contribution in [0.4, 0.5) is 4.79 Å². The molecule has 1 aromatic rings. The molecule has 0 radical (unpaired) electrons. The highest BCUT2D eigenvalue weighted by molar-refractivity contribution is 5.86. The number of benzene rings is 1. The van der Waals surface area contributed by atoms with Crippen molar-refractivity contribution in [1.82, 2.24) is 9.80 Å². The normalized spacial score (nSPS) is 21.4. The van der Waals surface area contributed by atoms with E-state index in [1.54, 1.807) is 9.80 Å². The maximum absolute atomic E-state index is 12.2. The lowest BCUT2D eigenvalue weighted by atomic mass is 10.0. The van der Waals surface area contributed by atoms with Gasteiger partial charge in [-0.1, -0.05) is 30.3 Å². The zero-order chi connectivity index (χ0) is 17.8. The predicted octanol–water partition coefficient (Wildman–Crippen LogP) is 1.72. The number of piperidine rings is 1. The second-order valence-electron chi connectivity index (χ2n) is 6.54. The number of hydrogen-bond donors (Lipinski definition) is 1.